The molecule has 32 heavy (non-hydrogen) atoms. The summed E-state index contributed by atoms with van der Waals surface area (Å²) in [5.41, 5.74) is 1.59. The number of hydrogen-bond donors (Lipinski definition) is 0. The summed E-state index contributed by atoms with van der Waals surface area (Å²) in [6, 6.07) is 18.8. The minimum atomic E-state index is -0.0453. The van der Waals surface area contributed by atoms with Crippen molar-refractivity contribution in [2.45, 2.75) is 6.92 Å². The van der Waals surface area contributed by atoms with E-state index in [1.54, 1.807) is 6.07 Å². The van der Waals surface area contributed by atoms with Gasteiger partial charge in [-0.1, -0.05) is 41.9 Å². The van der Waals surface area contributed by atoms with Crippen molar-refractivity contribution in [1.82, 2.24) is 15.1 Å². The predicted molar refractivity (Wildman–Crippen MR) is 124 cm³/mol. The molecule has 0 aliphatic carbocycles. The number of benzene rings is 2. The number of halogens is 1. The Kier molecular flexibility index (Phi) is 7.07. The summed E-state index contributed by atoms with van der Waals surface area (Å²) < 4.78 is 11.3. The normalized spacial score (nSPS) is 13.7. The third kappa shape index (κ3) is 5.11. The molecule has 0 N–H and O–H groups in total. The topological polar surface area (TPSA) is 67.8 Å². The lowest BCUT2D eigenvalue weighted by Gasteiger charge is -2.35. The van der Waals surface area contributed by atoms with E-state index in [0.717, 1.165) is 17.1 Å². The smallest absolute Gasteiger partial charge is 0.260 e. The number of para-hydroxylation sites is 2. The van der Waals surface area contributed by atoms with E-state index in [1.807, 2.05) is 66.4 Å². The molecule has 1 saturated heterocycles. The van der Waals surface area contributed by atoms with Gasteiger partial charge in [-0.05, 0) is 37.3 Å². The van der Waals surface area contributed by atoms with Crippen LogP contribution in [0.25, 0.3) is 11.3 Å². The minimum absolute atomic E-state index is 0.0174. The minimum Gasteiger partial charge on any atom is -0.490 e. The number of rotatable bonds is 7. The van der Waals surface area contributed by atoms with Crippen LogP contribution in [0.3, 0.4) is 0 Å². The van der Waals surface area contributed by atoms with Gasteiger partial charge in [-0.3, -0.25) is 4.79 Å². The molecule has 0 radical (unpaired) electrons. The number of carbonyl (C=O) groups is 1. The monoisotopic (exact) mass is 452 g/mol. The highest BCUT2D eigenvalue weighted by Gasteiger charge is 2.23. The fourth-order valence-corrected chi connectivity index (χ4v) is 3.80. The third-order valence-electron chi connectivity index (χ3n) is 5.26. The molecule has 1 aliphatic heterocycles. The van der Waals surface area contributed by atoms with Gasteiger partial charge in [-0.2, -0.15) is 0 Å². The maximum Gasteiger partial charge on any atom is 0.260 e. The summed E-state index contributed by atoms with van der Waals surface area (Å²) in [7, 11) is 0. The largest absolute Gasteiger partial charge is 0.490 e. The first-order chi connectivity index (χ1) is 15.7. The van der Waals surface area contributed by atoms with Crippen LogP contribution in [0, 0.1) is 0 Å². The van der Waals surface area contributed by atoms with Crippen LogP contribution in [-0.2, 0) is 4.79 Å². The molecule has 0 saturated carbocycles. The average molecular weight is 453 g/mol. The van der Waals surface area contributed by atoms with Gasteiger partial charge in [0.1, 0.15) is 0 Å². The lowest BCUT2D eigenvalue weighted by molar-refractivity contribution is -0.133. The van der Waals surface area contributed by atoms with Crippen LogP contribution in [0.2, 0.25) is 5.02 Å². The van der Waals surface area contributed by atoms with Crippen molar-refractivity contribution in [3.8, 4) is 22.8 Å². The zero-order valence-corrected chi connectivity index (χ0v) is 18.7. The fraction of sp³-hybridized carbons (Fsp3) is 0.292. The number of anilines is 1. The van der Waals surface area contributed by atoms with Crippen molar-refractivity contribution in [1.29, 1.82) is 0 Å². The van der Waals surface area contributed by atoms with Crippen molar-refractivity contribution < 1.29 is 14.3 Å². The van der Waals surface area contributed by atoms with Crippen molar-refractivity contribution in [2.75, 3.05) is 44.3 Å². The van der Waals surface area contributed by atoms with Gasteiger partial charge in [0.15, 0.2) is 23.9 Å². The van der Waals surface area contributed by atoms with Gasteiger partial charge in [0.05, 0.1) is 17.3 Å². The summed E-state index contributed by atoms with van der Waals surface area (Å²) in [6.45, 7) is 5.00. The molecule has 1 amide bonds. The van der Waals surface area contributed by atoms with Gasteiger partial charge >= 0.3 is 0 Å². The molecule has 0 bridgehead atoms. The standard InChI is InChI=1S/C24H25ClN4O3/c1-2-31-21-9-5-6-10-22(21)32-17-24(30)29-15-13-28(14-16-29)23-12-11-20(26-27-23)18-7-3-4-8-19(18)25/h3-12H,2,13-17H2,1H3. The molecule has 166 valence electrons. The van der Waals surface area contributed by atoms with Crippen LogP contribution in [0.5, 0.6) is 11.5 Å². The fourth-order valence-electron chi connectivity index (χ4n) is 3.57. The molecule has 2 heterocycles. The molecule has 0 spiro atoms. The maximum absolute atomic E-state index is 12.6. The van der Waals surface area contributed by atoms with Crippen LogP contribution >= 0.6 is 11.6 Å². The number of aromatic nitrogens is 2. The van der Waals surface area contributed by atoms with Crippen LogP contribution in [-0.4, -0.2) is 60.4 Å². The number of amides is 1. The molecule has 8 heteroatoms. The Morgan fingerprint density at radius 2 is 1.59 bits per heavy atom. The van der Waals surface area contributed by atoms with Gasteiger partial charge in [-0.25, -0.2) is 0 Å². The lowest BCUT2D eigenvalue weighted by atomic mass is 10.1. The number of hydrogen-bond acceptors (Lipinski definition) is 6. The predicted octanol–water partition coefficient (Wildman–Crippen LogP) is 3.92. The Hall–Kier alpha value is -3.32. The first-order valence-electron chi connectivity index (χ1n) is 10.6. The van der Waals surface area contributed by atoms with Crippen LogP contribution in [0.1, 0.15) is 6.92 Å². The van der Waals surface area contributed by atoms with E-state index >= 15 is 0 Å². The molecule has 1 fully saturated rings. The third-order valence-corrected chi connectivity index (χ3v) is 5.59. The number of ether oxygens (including phenoxy) is 2. The lowest BCUT2D eigenvalue weighted by Crippen LogP contribution is -2.50. The van der Waals surface area contributed by atoms with Crippen LogP contribution in [0.15, 0.2) is 60.7 Å². The summed E-state index contributed by atoms with van der Waals surface area (Å²) in [4.78, 5) is 16.6. The summed E-state index contributed by atoms with van der Waals surface area (Å²) in [5.74, 6) is 1.97. The summed E-state index contributed by atoms with van der Waals surface area (Å²) in [5, 5.41) is 9.35. The second kappa shape index (κ2) is 10.3. The van der Waals surface area contributed by atoms with Crippen molar-refractivity contribution >= 4 is 23.3 Å². The second-order valence-corrected chi connectivity index (χ2v) is 7.70. The van der Waals surface area contributed by atoms with Crippen molar-refractivity contribution in [2.24, 2.45) is 0 Å². The van der Waals surface area contributed by atoms with Gasteiger partial charge in [-0.15, -0.1) is 10.2 Å². The van der Waals surface area contributed by atoms with E-state index in [-0.39, 0.29) is 12.5 Å². The SMILES string of the molecule is CCOc1ccccc1OCC(=O)N1CCN(c2ccc(-c3ccccc3Cl)nn2)CC1. The highest BCUT2D eigenvalue weighted by Crippen LogP contribution is 2.27. The molecular weight excluding hydrogens is 428 g/mol. The van der Waals surface area contributed by atoms with E-state index in [1.165, 1.54) is 0 Å². The Balaban J connectivity index is 1.30. The quantitative estimate of drug-likeness (QED) is 0.541. The van der Waals surface area contributed by atoms with E-state index in [4.69, 9.17) is 21.1 Å². The second-order valence-electron chi connectivity index (χ2n) is 7.29. The van der Waals surface area contributed by atoms with E-state index in [9.17, 15) is 4.79 Å². The molecule has 0 atom stereocenters. The molecule has 3 aromatic rings. The molecule has 2 aromatic carbocycles. The molecule has 1 aliphatic rings. The number of carbonyl (C=O) groups excluding carboxylic acids is 1. The van der Waals surface area contributed by atoms with Crippen LogP contribution in [0.4, 0.5) is 5.82 Å². The number of nitrogens with zero attached hydrogens (tertiary/aromatic N) is 4. The number of piperazine rings is 1. The Labute approximate surface area is 192 Å². The summed E-state index contributed by atoms with van der Waals surface area (Å²) in [6.07, 6.45) is 0. The van der Waals surface area contributed by atoms with E-state index < -0.39 is 0 Å². The van der Waals surface area contributed by atoms with Gasteiger partial charge in [0.25, 0.3) is 5.91 Å². The first-order valence-corrected chi connectivity index (χ1v) is 11.0. The van der Waals surface area contributed by atoms with Gasteiger partial charge < -0.3 is 19.3 Å². The highest BCUT2D eigenvalue weighted by atomic mass is 35.5. The summed E-state index contributed by atoms with van der Waals surface area (Å²) >= 11 is 6.25. The Morgan fingerprint density at radius 1 is 0.906 bits per heavy atom. The Morgan fingerprint density at radius 3 is 2.25 bits per heavy atom. The first kappa shape index (κ1) is 21.9. The molecular formula is C24H25ClN4O3. The van der Waals surface area contributed by atoms with Gasteiger partial charge in [0, 0.05) is 31.7 Å². The van der Waals surface area contributed by atoms with Crippen molar-refractivity contribution in [3.63, 3.8) is 0 Å². The highest BCUT2D eigenvalue weighted by molar-refractivity contribution is 6.33. The zero-order valence-electron chi connectivity index (χ0n) is 17.9. The van der Waals surface area contributed by atoms with Gasteiger partial charge in [0.2, 0.25) is 0 Å². The molecule has 4 rings (SSSR count). The van der Waals surface area contributed by atoms with Crippen LogP contribution < -0.4 is 14.4 Å². The molecule has 0 unspecified atom stereocenters. The van der Waals surface area contributed by atoms with E-state index in [0.29, 0.717) is 49.3 Å². The zero-order chi connectivity index (χ0) is 22.3. The maximum atomic E-state index is 12.6. The molecule has 1 aromatic heterocycles. The van der Waals surface area contributed by atoms with Crippen molar-refractivity contribution in [3.05, 3.63) is 65.7 Å². The van der Waals surface area contributed by atoms with E-state index in [2.05, 4.69) is 15.1 Å². The Bertz CT molecular complexity index is 1050. The average Bonchev–Trinajstić information content (AvgIpc) is 2.84. The molecule has 7 nitrogen and oxygen atoms in total.